The molecule has 0 radical (unpaired) electrons. The van der Waals surface area contributed by atoms with Crippen molar-refractivity contribution in [3.63, 3.8) is 0 Å². The predicted molar refractivity (Wildman–Crippen MR) is 122 cm³/mol. The molecule has 1 N–H and O–H groups in total. The lowest BCUT2D eigenvalue weighted by Gasteiger charge is -2.42. The Kier molecular flexibility index (Phi) is 6.33. The fourth-order valence-corrected chi connectivity index (χ4v) is 4.24. The molecule has 1 atom stereocenters. The van der Waals surface area contributed by atoms with Gasteiger partial charge in [0.15, 0.2) is 0 Å². The largest absolute Gasteiger partial charge is 0.378 e. The van der Waals surface area contributed by atoms with Crippen LogP contribution in [0.1, 0.15) is 24.0 Å². The third-order valence-corrected chi connectivity index (χ3v) is 6.03. The number of nitriles is 1. The van der Waals surface area contributed by atoms with Crippen molar-refractivity contribution in [2.75, 3.05) is 29.4 Å². The molecule has 1 fully saturated rings. The Labute approximate surface area is 188 Å². The molecule has 2 aromatic rings. The number of alkyl halides is 2. The van der Waals surface area contributed by atoms with E-state index in [1.165, 1.54) is 18.5 Å². The molecule has 4 heterocycles. The molecule has 4 rings (SSSR count). The molecule has 0 saturated carbocycles. The van der Waals surface area contributed by atoms with Gasteiger partial charge in [0.25, 0.3) is 5.66 Å². The maximum Gasteiger partial charge on any atom is 0.297 e. The van der Waals surface area contributed by atoms with Gasteiger partial charge in [0.1, 0.15) is 6.07 Å². The van der Waals surface area contributed by atoms with Gasteiger partial charge in [0.05, 0.1) is 42.1 Å². The van der Waals surface area contributed by atoms with Crippen molar-refractivity contribution in [2.24, 2.45) is 0 Å². The summed E-state index contributed by atoms with van der Waals surface area (Å²) >= 11 is 0. The number of dihydropyridines is 1. The molecule has 166 valence electrons. The fourth-order valence-electron chi connectivity index (χ4n) is 4.04. The third-order valence-electron chi connectivity index (χ3n) is 5.72. The van der Waals surface area contributed by atoms with E-state index in [2.05, 4.69) is 30.1 Å². The highest BCUT2D eigenvalue weighted by Gasteiger charge is 2.33. The van der Waals surface area contributed by atoms with E-state index in [0.29, 0.717) is 18.1 Å². The van der Waals surface area contributed by atoms with Crippen LogP contribution in [0.2, 0.25) is 0 Å². The summed E-state index contributed by atoms with van der Waals surface area (Å²) in [6.07, 6.45) is 11.5. The highest BCUT2D eigenvalue weighted by Crippen LogP contribution is 2.34. The van der Waals surface area contributed by atoms with E-state index >= 15 is 0 Å². The van der Waals surface area contributed by atoms with Crippen LogP contribution in [0.25, 0.3) is 0 Å². The third kappa shape index (κ3) is 4.71. The average Bonchev–Trinajstić information content (AvgIpc) is 2.81. The summed E-state index contributed by atoms with van der Waals surface area (Å²) in [7, 11) is 1.57. The smallest absolute Gasteiger partial charge is 0.297 e. The van der Waals surface area contributed by atoms with Crippen LogP contribution in [0.4, 0.5) is 20.4 Å². The first-order valence-electron chi connectivity index (χ1n) is 10.4. The molecule has 1 unspecified atom stereocenters. The summed E-state index contributed by atoms with van der Waals surface area (Å²) in [6, 6.07) is 4.16. The molecule has 10 heteroatoms. The molecule has 2 aliphatic rings. The molecule has 1 saturated heterocycles. The number of allylic oxidation sites excluding steroid dienone is 3. The molecule has 0 bridgehead atoms. The van der Waals surface area contributed by atoms with Gasteiger partial charge in [-0.15, -0.1) is 0 Å². The number of anilines is 2. The number of nitrogens with zero attached hydrogens (tertiary/aromatic N) is 6. The maximum atomic E-state index is 13.7. The lowest BCUT2D eigenvalue weighted by molar-refractivity contribution is 0.138. The molecular formula is C22H24F2N7P. The topological polar surface area (TPSA) is 81.0 Å². The van der Waals surface area contributed by atoms with Crippen molar-refractivity contribution >= 4 is 20.9 Å². The van der Waals surface area contributed by atoms with E-state index in [9.17, 15) is 8.78 Å². The molecule has 32 heavy (non-hydrogen) atoms. The van der Waals surface area contributed by atoms with E-state index in [0.717, 1.165) is 42.9 Å². The number of piperidine rings is 1. The number of nitrogens with one attached hydrogen (secondary N) is 1. The van der Waals surface area contributed by atoms with Gasteiger partial charge in [-0.3, -0.25) is 4.98 Å². The summed E-state index contributed by atoms with van der Waals surface area (Å²) in [4.78, 5) is 17.2. The zero-order chi connectivity index (χ0) is 22.7. The Bertz CT molecular complexity index is 1060. The molecule has 0 amide bonds. The second kappa shape index (κ2) is 9.17. The zero-order valence-corrected chi connectivity index (χ0v) is 18.8. The Morgan fingerprint density at radius 3 is 2.50 bits per heavy atom. The van der Waals surface area contributed by atoms with E-state index in [-0.39, 0.29) is 11.7 Å². The highest BCUT2D eigenvalue weighted by atomic mass is 31.0. The molecule has 0 aromatic carbocycles. The number of aryl methyl sites for hydroxylation is 1. The lowest BCUT2D eigenvalue weighted by Crippen LogP contribution is -2.47. The van der Waals surface area contributed by atoms with Crippen LogP contribution in [0.15, 0.2) is 54.4 Å². The summed E-state index contributed by atoms with van der Waals surface area (Å²) in [5, 5.41) is 11.8. The van der Waals surface area contributed by atoms with E-state index in [1.54, 1.807) is 21.5 Å². The van der Waals surface area contributed by atoms with Crippen LogP contribution in [-0.4, -0.2) is 46.3 Å². The van der Waals surface area contributed by atoms with Gasteiger partial charge in [-0.2, -0.15) is 14.0 Å². The van der Waals surface area contributed by atoms with E-state index < -0.39 is 5.66 Å². The average molecular weight is 455 g/mol. The first-order chi connectivity index (χ1) is 15.4. The maximum absolute atomic E-state index is 13.7. The molecule has 0 aliphatic carbocycles. The molecular weight excluding hydrogens is 431 g/mol. The van der Waals surface area contributed by atoms with Crippen LogP contribution in [0.5, 0.6) is 0 Å². The van der Waals surface area contributed by atoms with Gasteiger partial charge in [-0.25, -0.2) is 9.97 Å². The van der Waals surface area contributed by atoms with Crippen molar-refractivity contribution in [3.05, 3.63) is 65.5 Å². The lowest BCUT2D eigenvalue weighted by atomic mass is 10.00. The molecule has 2 aromatic heterocycles. The molecule has 7 nitrogen and oxygen atoms in total. The number of aromatic nitrogens is 3. The molecule has 0 spiro atoms. The minimum absolute atomic E-state index is 0.109. The Balaban J connectivity index is 1.57. The Morgan fingerprint density at radius 1 is 1.22 bits per heavy atom. The number of hydrogen-bond donors (Lipinski definition) is 1. The van der Waals surface area contributed by atoms with E-state index in [4.69, 9.17) is 5.26 Å². The Hall–Kier alpha value is -3.11. The number of rotatable bonds is 5. The van der Waals surface area contributed by atoms with Crippen LogP contribution >= 0.6 is 9.24 Å². The van der Waals surface area contributed by atoms with Crippen molar-refractivity contribution in [1.82, 2.24) is 20.3 Å². The van der Waals surface area contributed by atoms with Gasteiger partial charge in [0, 0.05) is 31.0 Å². The van der Waals surface area contributed by atoms with Gasteiger partial charge < -0.3 is 15.1 Å². The van der Waals surface area contributed by atoms with Crippen molar-refractivity contribution in [3.8, 4) is 6.07 Å². The monoisotopic (exact) mass is 455 g/mol. The van der Waals surface area contributed by atoms with Crippen molar-refractivity contribution < 1.29 is 8.78 Å². The summed E-state index contributed by atoms with van der Waals surface area (Å²) in [5.41, 5.74) is 0.313. The number of halogens is 2. The van der Waals surface area contributed by atoms with Gasteiger partial charge in [-0.05, 0) is 43.5 Å². The summed E-state index contributed by atoms with van der Waals surface area (Å²) in [6.45, 7) is 3.83. The standard InChI is InChI=1S/C22H24F2N7P/c1-15-4-7-26-14-19(15)31(18-2-3-20(27-13-18)22(23,24)32)17-5-8-30(9-6-17)21-28-11-16(10-25)12-29-21/h2-4,7,11-12,14,17,27H,5-6,8-9,13,32H2,1H3. The second-order valence-electron chi connectivity index (χ2n) is 7.85. The SMILES string of the molecule is Cc1ccncc1N(C1=CC=C(C(F)(F)P)NC1)C1CCN(c2ncc(C#N)cn2)CC1. The Morgan fingerprint density at radius 2 is 1.94 bits per heavy atom. The first kappa shape index (κ1) is 22.1. The number of pyridine rings is 1. The first-order valence-corrected chi connectivity index (χ1v) is 10.9. The fraction of sp³-hybridized carbons (Fsp3) is 0.364. The second-order valence-corrected chi connectivity index (χ2v) is 8.57. The van der Waals surface area contributed by atoms with Crippen LogP contribution < -0.4 is 15.1 Å². The van der Waals surface area contributed by atoms with Crippen LogP contribution in [0, 0.1) is 18.3 Å². The quantitative estimate of drug-likeness (QED) is 0.693. The molecule has 2 aliphatic heterocycles. The summed E-state index contributed by atoms with van der Waals surface area (Å²) in [5.74, 6) is 0.611. The highest BCUT2D eigenvalue weighted by molar-refractivity contribution is 7.18. The normalized spacial score (nSPS) is 17.2. The minimum Gasteiger partial charge on any atom is -0.378 e. The van der Waals surface area contributed by atoms with Crippen molar-refractivity contribution in [2.45, 2.75) is 31.5 Å². The number of hydrogen-bond acceptors (Lipinski definition) is 7. The minimum atomic E-state index is -2.98. The van der Waals surface area contributed by atoms with E-state index in [1.807, 2.05) is 25.3 Å². The van der Waals surface area contributed by atoms with Gasteiger partial charge >= 0.3 is 0 Å². The van der Waals surface area contributed by atoms with Crippen LogP contribution in [0.3, 0.4) is 0 Å². The van der Waals surface area contributed by atoms with Gasteiger partial charge in [-0.1, -0.05) is 9.24 Å². The summed E-state index contributed by atoms with van der Waals surface area (Å²) < 4.78 is 27.3. The zero-order valence-electron chi connectivity index (χ0n) is 17.7. The van der Waals surface area contributed by atoms with Crippen LogP contribution in [-0.2, 0) is 0 Å². The van der Waals surface area contributed by atoms with Gasteiger partial charge in [0.2, 0.25) is 5.95 Å². The predicted octanol–water partition coefficient (Wildman–Crippen LogP) is 3.37. The van der Waals surface area contributed by atoms with Crippen molar-refractivity contribution in [1.29, 1.82) is 5.26 Å².